The molecule has 0 aliphatic carbocycles. The van der Waals surface area contributed by atoms with Gasteiger partial charge in [-0.1, -0.05) is 19.9 Å². The molecule has 1 rings (SSSR count). The van der Waals surface area contributed by atoms with Gasteiger partial charge in [-0.15, -0.1) is 0 Å². The number of carbonyl (C=O) groups is 1. The molecule has 0 bridgehead atoms. The Kier molecular flexibility index (Phi) is 6.22. The van der Waals surface area contributed by atoms with Gasteiger partial charge in [0.25, 0.3) is 0 Å². The SMILES string of the molecule is CCc1ccc(NC(=O)N(C)CC(O)C(F)(F)F)cc1CC. The van der Waals surface area contributed by atoms with Crippen LogP contribution in [0.4, 0.5) is 23.7 Å². The first-order valence-electron chi connectivity index (χ1n) is 7.07. The third-order valence-corrected chi connectivity index (χ3v) is 3.39. The Bertz CT molecular complexity index is 518. The van der Waals surface area contributed by atoms with Crippen LogP contribution in [-0.4, -0.2) is 41.9 Å². The smallest absolute Gasteiger partial charge is 0.382 e. The van der Waals surface area contributed by atoms with Crippen LogP contribution in [0.15, 0.2) is 18.2 Å². The van der Waals surface area contributed by atoms with Gasteiger partial charge in [0.05, 0.1) is 6.54 Å². The first-order valence-corrected chi connectivity index (χ1v) is 7.07. The Balaban J connectivity index is 2.72. The van der Waals surface area contributed by atoms with Gasteiger partial charge in [-0.3, -0.25) is 0 Å². The van der Waals surface area contributed by atoms with Gasteiger partial charge in [0, 0.05) is 12.7 Å². The molecule has 0 saturated heterocycles. The van der Waals surface area contributed by atoms with E-state index in [0.717, 1.165) is 23.3 Å². The van der Waals surface area contributed by atoms with Crippen LogP contribution in [0.5, 0.6) is 0 Å². The number of nitrogens with zero attached hydrogens (tertiary/aromatic N) is 1. The highest BCUT2D eigenvalue weighted by Crippen LogP contribution is 2.21. The van der Waals surface area contributed by atoms with Crippen molar-refractivity contribution in [2.75, 3.05) is 18.9 Å². The molecule has 7 heteroatoms. The maximum atomic E-state index is 12.3. The number of halogens is 3. The number of aliphatic hydroxyl groups is 1. The van der Waals surface area contributed by atoms with E-state index < -0.39 is 24.9 Å². The maximum Gasteiger partial charge on any atom is 0.416 e. The summed E-state index contributed by atoms with van der Waals surface area (Å²) in [4.78, 5) is 12.7. The molecule has 4 nitrogen and oxygen atoms in total. The number of benzene rings is 1. The average molecular weight is 318 g/mol. The van der Waals surface area contributed by atoms with Crippen molar-refractivity contribution in [3.05, 3.63) is 29.3 Å². The van der Waals surface area contributed by atoms with Crippen LogP contribution in [0.3, 0.4) is 0 Å². The summed E-state index contributed by atoms with van der Waals surface area (Å²) in [5.41, 5.74) is 2.77. The summed E-state index contributed by atoms with van der Waals surface area (Å²) in [6, 6.07) is 4.71. The van der Waals surface area contributed by atoms with Crippen LogP contribution < -0.4 is 5.32 Å². The number of urea groups is 1. The largest absolute Gasteiger partial charge is 0.416 e. The molecule has 1 aromatic carbocycles. The van der Waals surface area contributed by atoms with Gasteiger partial charge < -0.3 is 15.3 Å². The van der Waals surface area contributed by atoms with Crippen LogP contribution in [0.25, 0.3) is 0 Å². The number of alkyl halides is 3. The molecule has 0 aromatic heterocycles. The fourth-order valence-corrected chi connectivity index (χ4v) is 2.04. The molecule has 0 radical (unpaired) electrons. The summed E-state index contributed by atoms with van der Waals surface area (Å²) in [6.45, 7) is 3.20. The van der Waals surface area contributed by atoms with Gasteiger partial charge >= 0.3 is 12.2 Å². The second-order valence-electron chi connectivity index (χ2n) is 5.06. The first-order chi connectivity index (χ1) is 10.2. The van der Waals surface area contributed by atoms with Gasteiger partial charge in [-0.05, 0) is 36.1 Å². The summed E-state index contributed by atoms with van der Waals surface area (Å²) in [7, 11) is 1.20. The summed E-state index contributed by atoms with van der Waals surface area (Å²) in [6.07, 6.45) is -5.63. The topological polar surface area (TPSA) is 52.6 Å². The normalized spacial score (nSPS) is 12.9. The second-order valence-corrected chi connectivity index (χ2v) is 5.06. The minimum absolute atomic E-state index is 0.521. The standard InChI is InChI=1S/C15H21F3N2O2/c1-4-10-6-7-12(8-11(10)5-2)19-14(22)20(3)9-13(21)15(16,17)18/h6-8,13,21H,4-5,9H2,1-3H3,(H,19,22). The number of aryl methyl sites for hydroxylation is 2. The molecule has 2 amide bonds. The van der Waals surface area contributed by atoms with Gasteiger partial charge in [0.2, 0.25) is 0 Å². The zero-order valence-corrected chi connectivity index (χ0v) is 12.9. The Morgan fingerprint density at radius 3 is 2.36 bits per heavy atom. The monoisotopic (exact) mass is 318 g/mol. The van der Waals surface area contributed by atoms with Crippen molar-refractivity contribution in [1.82, 2.24) is 4.90 Å². The van der Waals surface area contributed by atoms with E-state index in [1.807, 2.05) is 26.0 Å². The van der Waals surface area contributed by atoms with E-state index in [-0.39, 0.29) is 0 Å². The fraction of sp³-hybridized carbons (Fsp3) is 0.533. The highest BCUT2D eigenvalue weighted by Gasteiger charge is 2.39. The molecular weight excluding hydrogens is 297 g/mol. The highest BCUT2D eigenvalue weighted by atomic mass is 19.4. The van der Waals surface area contributed by atoms with Crippen LogP contribution in [-0.2, 0) is 12.8 Å². The Labute approximate surface area is 127 Å². The third-order valence-electron chi connectivity index (χ3n) is 3.39. The Morgan fingerprint density at radius 1 is 1.27 bits per heavy atom. The average Bonchev–Trinajstić information content (AvgIpc) is 2.45. The number of hydrogen-bond donors (Lipinski definition) is 2. The van der Waals surface area contributed by atoms with Crippen molar-refractivity contribution < 1.29 is 23.1 Å². The number of carbonyl (C=O) groups excluding carboxylic acids is 1. The zero-order valence-electron chi connectivity index (χ0n) is 12.9. The molecule has 124 valence electrons. The predicted molar refractivity (Wildman–Crippen MR) is 78.9 cm³/mol. The predicted octanol–water partition coefficient (Wildman–Crippen LogP) is 3.20. The summed E-state index contributed by atoms with van der Waals surface area (Å²) < 4.78 is 36.8. The Morgan fingerprint density at radius 2 is 1.86 bits per heavy atom. The van der Waals surface area contributed by atoms with E-state index in [2.05, 4.69) is 5.32 Å². The highest BCUT2D eigenvalue weighted by molar-refractivity contribution is 5.89. The quantitative estimate of drug-likeness (QED) is 0.876. The van der Waals surface area contributed by atoms with Crippen molar-refractivity contribution in [2.24, 2.45) is 0 Å². The number of anilines is 1. The number of hydrogen-bond acceptors (Lipinski definition) is 2. The zero-order chi connectivity index (χ0) is 16.9. The van der Waals surface area contributed by atoms with Gasteiger partial charge in [-0.2, -0.15) is 13.2 Å². The molecule has 2 N–H and O–H groups in total. The number of rotatable bonds is 5. The van der Waals surface area contributed by atoms with E-state index in [4.69, 9.17) is 5.11 Å². The molecule has 0 aliphatic heterocycles. The lowest BCUT2D eigenvalue weighted by Crippen LogP contribution is -2.43. The number of nitrogens with one attached hydrogen (secondary N) is 1. The lowest BCUT2D eigenvalue weighted by atomic mass is 10.0. The van der Waals surface area contributed by atoms with Gasteiger partial charge in [0.15, 0.2) is 6.10 Å². The molecule has 1 aromatic rings. The number of aliphatic hydroxyl groups excluding tert-OH is 1. The fourth-order valence-electron chi connectivity index (χ4n) is 2.04. The van der Waals surface area contributed by atoms with Crippen molar-refractivity contribution in [2.45, 2.75) is 39.0 Å². The van der Waals surface area contributed by atoms with Gasteiger partial charge in [0.1, 0.15) is 0 Å². The molecule has 0 spiro atoms. The van der Waals surface area contributed by atoms with Crippen molar-refractivity contribution >= 4 is 11.7 Å². The van der Waals surface area contributed by atoms with Crippen LogP contribution in [0.1, 0.15) is 25.0 Å². The molecule has 0 heterocycles. The van der Waals surface area contributed by atoms with Crippen LogP contribution >= 0.6 is 0 Å². The van der Waals surface area contributed by atoms with E-state index in [1.54, 1.807) is 6.07 Å². The minimum atomic E-state index is -4.74. The van der Waals surface area contributed by atoms with Crippen LogP contribution in [0, 0.1) is 0 Å². The number of amides is 2. The molecular formula is C15H21F3N2O2. The lowest BCUT2D eigenvalue weighted by molar-refractivity contribution is -0.205. The van der Waals surface area contributed by atoms with Crippen molar-refractivity contribution in [1.29, 1.82) is 0 Å². The number of likely N-dealkylation sites (N-methyl/N-ethyl adjacent to an activating group) is 1. The lowest BCUT2D eigenvalue weighted by Gasteiger charge is -2.23. The minimum Gasteiger partial charge on any atom is -0.382 e. The summed E-state index contributed by atoms with van der Waals surface area (Å²) >= 11 is 0. The third kappa shape index (κ3) is 4.91. The molecule has 1 unspecified atom stereocenters. The summed E-state index contributed by atoms with van der Waals surface area (Å²) in [5, 5.41) is 11.5. The van der Waals surface area contributed by atoms with E-state index >= 15 is 0 Å². The van der Waals surface area contributed by atoms with Gasteiger partial charge in [-0.25, -0.2) is 4.79 Å². The van der Waals surface area contributed by atoms with Crippen LogP contribution in [0.2, 0.25) is 0 Å². The van der Waals surface area contributed by atoms with Crippen molar-refractivity contribution in [3.8, 4) is 0 Å². The van der Waals surface area contributed by atoms with Crippen molar-refractivity contribution in [3.63, 3.8) is 0 Å². The molecule has 0 saturated carbocycles. The van der Waals surface area contributed by atoms with E-state index in [0.29, 0.717) is 5.69 Å². The summed E-state index contributed by atoms with van der Waals surface area (Å²) in [5.74, 6) is 0. The Hall–Kier alpha value is -1.76. The molecule has 1 atom stereocenters. The second kappa shape index (κ2) is 7.49. The first kappa shape index (κ1) is 18.3. The molecule has 0 fully saturated rings. The van der Waals surface area contributed by atoms with E-state index in [1.165, 1.54) is 12.6 Å². The maximum absolute atomic E-state index is 12.3. The molecule has 22 heavy (non-hydrogen) atoms. The molecule has 0 aliphatic rings. The van der Waals surface area contributed by atoms with E-state index in [9.17, 15) is 18.0 Å².